The number of rotatable bonds is 5. The summed E-state index contributed by atoms with van der Waals surface area (Å²) in [6.07, 6.45) is 2.37. The van der Waals surface area contributed by atoms with Crippen molar-refractivity contribution in [3.05, 3.63) is 35.7 Å². The molecule has 22 heavy (non-hydrogen) atoms. The van der Waals surface area contributed by atoms with Crippen molar-refractivity contribution in [2.75, 3.05) is 19.6 Å². The molecule has 118 valence electrons. The van der Waals surface area contributed by atoms with E-state index in [0.29, 0.717) is 11.8 Å². The van der Waals surface area contributed by atoms with E-state index in [0.717, 1.165) is 36.9 Å². The fraction of sp³-hybridized carbons (Fsp3) is 0.556. The van der Waals surface area contributed by atoms with Gasteiger partial charge >= 0.3 is 0 Å². The van der Waals surface area contributed by atoms with Gasteiger partial charge in [0.1, 0.15) is 0 Å². The Bertz CT molecular complexity index is 603. The standard InChI is InChI=1S/C18H25N3O/c1-13(2)8-10-21-11-9-16(12-21)18-20-19-17(22-18)15-6-4-14(3)5-7-15/h4-7,13,16H,8-12H2,1-3H3/t16-/m0/s1. The zero-order chi connectivity index (χ0) is 15.5. The van der Waals surface area contributed by atoms with Gasteiger partial charge in [-0.05, 0) is 50.9 Å². The van der Waals surface area contributed by atoms with E-state index in [9.17, 15) is 0 Å². The molecule has 0 radical (unpaired) electrons. The molecule has 1 saturated heterocycles. The van der Waals surface area contributed by atoms with Crippen molar-refractivity contribution in [1.29, 1.82) is 0 Å². The quantitative estimate of drug-likeness (QED) is 0.840. The maximum atomic E-state index is 5.92. The highest BCUT2D eigenvalue weighted by Crippen LogP contribution is 2.29. The van der Waals surface area contributed by atoms with Gasteiger partial charge in [-0.25, -0.2) is 0 Å². The van der Waals surface area contributed by atoms with Gasteiger partial charge in [-0.3, -0.25) is 0 Å². The smallest absolute Gasteiger partial charge is 0.247 e. The average molecular weight is 299 g/mol. The molecule has 0 N–H and O–H groups in total. The van der Waals surface area contributed by atoms with E-state index in [1.54, 1.807) is 0 Å². The Morgan fingerprint density at radius 3 is 2.73 bits per heavy atom. The first-order chi connectivity index (χ1) is 10.6. The monoisotopic (exact) mass is 299 g/mol. The summed E-state index contributed by atoms with van der Waals surface area (Å²) in [7, 11) is 0. The summed E-state index contributed by atoms with van der Waals surface area (Å²) in [5.41, 5.74) is 2.24. The minimum absolute atomic E-state index is 0.388. The molecule has 1 atom stereocenters. The Labute approximate surface area is 132 Å². The molecule has 2 aromatic rings. The van der Waals surface area contributed by atoms with Crippen LogP contribution in [0.3, 0.4) is 0 Å². The molecule has 0 bridgehead atoms. The minimum atomic E-state index is 0.388. The molecular formula is C18H25N3O. The van der Waals surface area contributed by atoms with Crippen molar-refractivity contribution in [2.24, 2.45) is 5.92 Å². The van der Waals surface area contributed by atoms with Gasteiger partial charge in [0.05, 0.1) is 5.92 Å². The molecule has 1 aliphatic rings. The Morgan fingerprint density at radius 2 is 2.00 bits per heavy atom. The molecule has 0 unspecified atom stereocenters. The molecule has 1 aromatic heterocycles. The summed E-state index contributed by atoms with van der Waals surface area (Å²) in [6.45, 7) is 9.99. The lowest BCUT2D eigenvalue weighted by molar-refractivity contribution is 0.305. The van der Waals surface area contributed by atoms with Crippen molar-refractivity contribution in [1.82, 2.24) is 15.1 Å². The number of hydrogen-bond donors (Lipinski definition) is 0. The van der Waals surface area contributed by atoms with Gasteiger partial charge < -0.3 is 9.32 Å². The van der Waals surface area contributed by atoms with Gasteiger partial charge in [0, 0.05) is 12.1 Å². The molecule has 0 amide bonds. The molecule has 2 heterocycles. The fourth-order valence-electron chi connectivity index (χ4n) is 2.89. The maximum Gasteiger partial charge on any atom is 0.247 e. The van der Waals surface area contributed by atoms with Crippen molar-refractivity contribution in [2.45, 2.75) is 39.5 Å². The number of nitrogens with zero attached hydrogens (tertiary/aromatic N) is 3. The number of benzene rings is 1. The van der Waals surface area contributed by atoms with Crippen molar-refractivity contribution >= 4 is 0 Å². The average Bonchev–Trinajstić information content (AvgIpc) is 3.15. The number of aryl methyl sites for hydroxylation is 1. The summed E-state index contributed by atoms with van der Waals surface area (Å²) in [6, 6.07) is 8.22. The summed E-state index contributed by atoms with van der Waals surface area (Å²) >= 11 is 0. The largest absolute Gasteiger partial charge is 0.420 e. The SMILES string of the molecule is Cc1ccc(-c2nnc([C@H]3CCN(CCC(C)C)C3)o2)cc1. The zero-order valence-corrected chi connectivity index (χ0v) is 13.7. The van der Waals surface area contributed by atoms with Gasteiger partial charge in [-0.2, -0.15) is 0 Å². The van der Waals surface area contributed by atoms with Crippen LogP contribution in [0.1, 0.15) is 44.1 Å². The topological polar surface area (TPSA) is 42.2 Å². The second-order valence-electron chi connectivity index (χ2n) is 6.78. The van der Waals surface area contributed by atoms with Crippen LogP contribution >= 0.6 is 0 Å². The van der Waals surface area contributed by atoms with E-state index in [1.165, 1.54) is 18.5 Å². The fourth-order valence-corrected chi connectivity index (χ4v) is 2.89. The second kappa shape index (κ2) is 6.61. The minimum Gasteiger partial charge on any atom is -0.420 e. The van der Waals surface area contributed by atoms with Gasteiger partial charge in [0.15, 0.2) is 0 Å². The third-order valence-electron chi connectivity index (χ3n) is 4.38. The van der Waals surface area contributed by atoms with Crippen LogP contribution < -0.4 is 0 Å². The lowest BCUT2D eigenvalue weighted by Gasteiger charge is -2.16. The molecule has 0 aliphatic carbocycles. The van der Waals surface area contributed by atoms with Crippen LogP contribution in [-0.2, 0) is 0 Å². The molecule has 0 saturated carbocycles. The van der Waals surface area contributed by atoms with Gasteiger partial charge in [0.25, 0.3) is 0 Å². The summed E-state index contributed by atoms with van der Waals surface area (Å²) in [5.74, 6) is 2.58. The Kier molecular flexibility index (Phi) is 4.57. The summed E-state index contributed by atoms with van der Waals surface area (Å²) in [5, 5.41) is 8.51. The molecule has 1 aliphatic heterocycles. The maximum absolute atomic E-state index is 5.92. The first-order valence-corrected chi connectivity index (χ1v) is 8.24. The van der Waals surface area contributed by atoms with Crippen LogP contribution in [0.2, 0.25) is 0 Å². The lowest BCUT2D eigenvalue weighted by Crippen LogP contribution is -2.22. The van der Waals surface area contributed by atoms with Crippen molar-refractivity contribution < 1.29 is 4.42 Å². The van der Waals surface area contributed by atoms with E-state index >= 15 is 0 Å². The van der Waals surface area contributed by atoms with Crippen LogP contribution in [0.25, 0.3) is 11.5 Å². The van der Waals surface area contributed by atoms with Crippen LogP contribution in [0.4, 0.5) is 0 Å². The van der Waals surface area contributed by atoms with Crippen LogP contribution in [0.5, 0.6) is 0 Å². The Hall–Kier alpha value is -1.68. The first kappa shape index (κ1) is 15.2. The molecule has 1 fully saturated rings. The van der Waals surface area contributed by atoms with E-state index in [-0.39, 0.29) is 0 Å². The number of hydrogen-bond acceptors (Lipinski definition) is 4. The van der Waals surface area contributed by atoms with Crippen LogP contribution in [-0.4, -0.2) is 34.7 Å². The van der Waals surface area contributed by atoms with Crippen LogP contribution in [0, 0.1) is 12.8 Å². The van der Waals surface area contributed by atoms with E-state index in [2.05, 4.69) is 48.0 Å². The predicted octanol–water partition coefficient (Wildman–Crippen LogP) is 3.88. The predicted molar refractivity (Wildman–Crippen MR) is 87.7 cm³/mol. The van der Waals surface area contributed by atoms with Crippen LogP contribution in [0.15, 0.2) is 28.7 Å². The number of likely N-dealkylation sites (tertiary alicyclic amines) is 1. The molecule has 0 spiro atoms. The highest BCUT2D eigenvalue weighted by molar-refractivity contribution is 5.52. The van der Waals surface area contributed by atoms with Gasteiger partial charge in [-0.15, -0.1) is 10.2 Å². The molecule has 4 nitrogen and oxygen atoms in total. The second-order valence-corrected chi connectivity index (χ2v) is 6.78. The van der Waals surface area contributed by atoms with Crippen molar-refractivity contribution in [3.8, 4) is 11.5 Å². The van der Waals surface area contributed by atoms with Crippen molar-refractivity contribution in [3.63, 3.8) is 0 Å². The lowest BCUT2D eigenvalue weighted by atomic mass is 10.1. The van der Waals surface area contributed by atoms with Gasteiger partial charge in [-0.1, -0.05) is 31.5 Å². The number of aromatic nitrogens is 2. The third-order valence-corrected chi connectivity index (χ3v) is 4.38. The first-order valence-electron chi connectivity index (χ1n) is 8.24. The normalized spacial score (nSPS) is 19.2. The highest BCUT2D eigenvalue weighted by atomic mass is 16.4. The van der Waals surface area contributed by atoms with E-state index < -0.39 is 0 Å². The summed E-state index contributed by atoms with van der Waals surface area (Å²) in [4.78, 5) is 2.51. The summed E-state index contributed by atoms with van der Waals surface area (Å²) < 4.78 is 5.92. The molecule has 3 rings (SSSR count). The third kappa shape index (κ3) is 3.55. The van der Waals surface area contributed by atoms with Gasteiger partial charge in [0.2, 0.25) is 11.8 Å². The zero-order valence-electron chi connectivity index (χ0n) is 13.7. The highest BCUT2D eigenvalue weighted by Gasteiger charge is 2.28. The molecular weight excluding hydrogens is 274 g/mol. The van der Waals surface area contributed by atoms with E-state index in [4.69, 9.17) is 4.42 Å². The Morgan fingerprint density at radius 1 is 1.23 bits per heavy atom. The Balaban J connectivity index is 1.63. The molecule has 4 heteroatoms. The van der Waals surface area contributed by atoms with E-state index in [1.807, 2.05) is 12.1 Å². The molecule has 1 aromatic carbocycles.